The van der Waals surface area contributed by atoms with Crippen LogP contribution in [0.5, 0.6) is 0 Å². The van der Waals surface area contributed by atoms with Gasteiger partial charge in [-0.2, -0.15) is 0 Å². The van der Waals surface area contributed by atoms with Gasteiger partial charge in [0.2, 0.25) is 0 Å². The zero-order valence-corrected chi connectivity index (χ0v) is 19.3. The van der Waals surface area contributed by atoms with Crippen LogP contribution < -0.4 is 0 Å². The Bertz CT molecular complexity index is 460. The number of rotatable bonds is 2. The molecule has 0 bridgehead atoms. The van der Waals surface area contributed by atoms with Crippen LogP contribution in [0.4, 0.5) is 0 Å². The fraction of sp³-hybridized carbons (Fsp3) is 0.682. The summed E-state index contributed by atoms with van der Waals surface area (Å²) in [5.74, 6) is 0. The SMILES string of the molecule is CC.CC.CC.CCCCC.Cc1bbc(C)c2c(C)ncc(C)c12. The molecule has 2 rings (SSSR count). The quantitative estimate of drug-likeness (QED) is 0.553. The zero-order valence-electron chi connectivity index (χ0n) is 19.3. The average molecular weight is 343 g/mol. The van der Waals surface area contributed by atoms with Crippen molar-refractivity contribution in [1.29, 1.82) is 0 Å². The summed E-state index contributed by atoms with van der Waals surface area (Å²) in [7, 11) is 0. The van der Waals surface area contributed by atoms with Gasteiger partial charge in [0.05, 0.1) is 0 Å². The van der Waals surface area contributed by atoms with Crippen molar-refractivity contribution < 1.29 is 0 Å². The third-order valence-electron chi connectivity index (χ3n) is 3.54. The van der Waals surface area contributed by atoms with E-state index in [-0.39, 0.29) is 0 Å². The maximum absolute atomic E-state index is 4.41. The molecule has 0 aliphatic carbocycles. The molecule has 2 aromatic rings. The molecule has 2 heterocycles. The van der Waals surface area contributed by atoms with Crippen molar-refractivity contribution >= 4 is 24.4 Å². The Labute approximate surface area is 160 Å². The van der Waals surface area contributed by atoms with Crippen LogP contribution in [-0.4, -0.2) is 18.6 Å². The van der Waals surface area contributed by atoms with E-state index in [1.165, 1.54) is 46.5 Å². The molecule has 142 valence electrons. The molecule has 0 fully saturated rings. The summed E-state index contributed by atoms with van der Waals surface area (Å²) in [6.45, 7) is 29.3. The van der Waals surface area contributed by atoms with E-state index in [0.717, 1.165) is 5.69 Å². The maximum atomic E-state index is 4.41. The molecule has 0 aromatic carbocycles. The molecule has 1 nitrogen and oxygen atoms in total. The van der Waals surface area contributed by atoms with Crippen molar-refractivity contribution in [2.45, 2.75) is 102 Å². The minimum absolute atomic E-state index is 1.13. The molecule has 0 saturated carbocycles. The number of fused-ring (bicyclic) bond motifs is 1. The van der Waals surface area contributed by atoms with Gasteiger partial charge in [-0.1, -0.05) is 74.7 Å². The Morgan fingerprint density at radius 2 is 1.12 bits per heavy atom. The topological polar surface area (TPSA) is 12.9 Å². The van der Waals surface area contributed by atoms with Crippen LogP contribution in [0.1, 0.15) is 96.8 Å². The Kier molecular flexibility index (Phi) is 22.3. The van der Waals surface area contributed by atoms with Gasteiger partial charge in [-0.05, 0) is 0 Å². The van der Waals surface area contributed by atoms with Crippen LogP contribution in [0.3, 0.4) is 0 Å². The molecule has 25 heavy (non-hydrogen) atoms. The van der Waals surface area contributed by atoms with Gasteiger partial charge in [-0.15, -0.1) is 0 Å². The fourth-order valence-electron chi connectivity index (χ4n) is 2.46. The first-order chi connectivity index (χ1) is 12.0. The van der Waals surface area contributed by atoms with Crippen LogP contribution in [0.25, 0.3) is 10.8 Å². The molecule has 0 aliphatic rings. The summed E-state index contributed by atoms with van der Waals surface area (Å²) >= 11 is 0. The zero-order chi connectivity index (χ0) is 20.4. The van der Waals surface area contributed by atoms with Crippen molar-refractivity contribution in [2.75, 3.05) is 0 Å². The van der Waals surface area contributed by atoms with Gasteiger partial charge in [0.1, 0.15) is 0 Å². The molecule has 0 saturated heterocycles. The van der Waals surface area contributed by atoms with Gasteiger partial charge in [0.25, 0.3) is 0 Å². The summed E-state index contributed by atoms with van der Waals surface area (Å²) in [4.78, 5) is 4.41. The predicted octanol–water partition coefficient (Wildman–Crippen LogP) is 7.42. The second-order valence-electron chi connectivity index (χ2n) is 5.33. The van der Waals surface area contributed by atoms with Crippen molar-refractivity contribution in [1.82, 2.24) is 4.98 Å². The van der Waals surface area contributed by atoms with Gasteiger partial charge in [0, 0.05) is 0 Å². The molecule has 0 amide bonds. The van der Waals surface area contributed by atoms with Gasteiger partial charge in [-0.25, -0.2) is 0 Å². The van der Waals surface area contributed by atoms with Gasteiger partial charge < -0.3 is 0 Å². The molecular formula is C22H43B2N. The van der Waals surface area contributed by atoms with Crippen LogP contribution >= 0.6 is 0 Å². The Balaban J connectivity index is -0.000000373. The summed E-state index contributed by atoms with van der Waals surface area (Å²) < 4.78 is 0. The van der Waals surface area contributed by atoms with Gasteiger partial charge in [-0.3, -0.25) is 0 Å². The van der Waals surface area contributed by atoms with Crippen LogP contribution in [0, 0.1) is 27.7 Å². The normalized spacial score (nSPS) is 8.16. The predicted molar refractivity (Wildman–Crippen MR) is 123 cm³/mol. The molecule has 0 unspecified atom stereocenters. The van der Waals surface area contributed by atoms with E-state index in [9.17, 15) is 0 Å². The van der Waals surface area contributed by atoms with Crippen molar-refractivity contribution in [3.63, 3.8) is 0 Å². The van der Waals surface area contributed by atoms with E-state index >= 15 is 0 Å². The number of aryl methyl sites for hydroxylation is 4. The molecule has 2 aromatic heterocycles. The van der Waals surface area contributed by atoms with E-state index in [2.05, 4.69) is 60.1 Å². The van der Waals surface area contributed by atoms with Crippen molar-refractivity contribution in [2.24, 2.45) is 0 Å². The molecule has 0 atom stereocenters. The summed E-state index contributed by atoms with van der Waals surface area (Å²) in [6, 6.07) is 0. The molecule has 0 N–H and O–H groups in total. The van der Waals surface area contributed by atoms with Gasteiger partial charge >= 0.3 is 85.4 Å². The average Bonchev–Trinajstić information content (AvgIpc) is 2.66. The Morgan fingerprint density at radius 3 is 1.44 bits per heavy atom. The second kappa shape index (κ2) is 19.3. The van der Waals surface area contributed by atoms with E-state index < -0.39 is 0 Å². The van der Waals surface area contributed by atoms with Crippen LogP contribution in [-0.2, 0) is 0 Å². The molecule has 0 spiro atoms. The molecule has 0 aliphatic heterocycles. The van der Waals surface area contributed by atoms with E-state index in [1.807, 2.05) is 47.7 Å². The first kappa shape index (κ1) is 28.8. The Hall–Kier alpha value is -0.980. The molecular weight excluding hydrogens is 300 g/mol. The first-order valence-corrected chi connectivity index (χ1v) is 10.3. The summed E-state index contributed by atoms with van der Waals surface area (Å²) in [5.41, 5.74) is 5.06. The Morgan fingerprint density at radius 1 is 0.720 bits per heavy atom. The number of aromatic nitrogens is 1. The van der Waals surface area contributed by atoms with Crippen molar-refractivity contribution in [3.8, 4) is 0 Å². The monoisotopic (exact) mass is 343 g/mol. The number of unbranched alkanes of at least 4 members (excludes halogenated alkanes) is 2. The number of hydrogen-bond donors (Lipinski definition) is 0. The first-order valence-electron chi connectivity index (χ1n) is 10.3. The number of pyridine rings is 1. The van der Waals surface area contributed by atoms with Crippen LogP contribution in [0.2, 0.25) is 0 Å². The fourth-order valence-corrected chi connectivity index (χ4v) is 2.46. The standard InChI is InChI=1S/C11H13B2N.C5H12.3C2H6/c1-6-5-14-9(4)11-8(3)13-12-7(2)10(6)11;1-3-5-4-2;3*1-2/h5H,1-4H3;3-5H2,1-2H3;3*1-2H3. The minimum atomic E-state index is 1.13. The third kappa shape index (κ3) is 10.6. The number of hydrogen-bond acceptors (Lipinski definition) is 1. The molecule has 0 radical (unpaired) electrons. The molecule has 3 heteroatoms. The summed E-state index contributed by atoms with van der Waals surface area (Å²) in [6.07, 6.45) is 6.04. The second-order valence-corrected chi connectivity index (χ2v) is 5.33. The summed E-state index contributed by atoms with van der Waals surface area (Å²) in [5, 5.41) is 2.70. The number of nitrogens with zero attached hydrogens (tertiary/aromatic N) is 1. The van der Waals surface area contributed by atoms with E-state index in [1.54, 1.807) is 0 Å². The van der Waals surface area contributed by atoms with E-state index in [4.69, 9.17) is 0 Å². The van der Waals surface area contributed by atoms with E-state index in [0.29, 0.717) is 0 Å². The van der Waals surface area contributed by atoms with Crippen molar-refractivity contribution in [3.05, 3.63) is 28.4 Å². The van der Waals surface area contributed by atoms with Crippen LogP contribution in [0.15, 0.2) is 6.20 Å². The third-order valence-corrected chi connectivity index (χ3v) is 3.54. The van der Waals surface area contributed by atoms with Gasteiger partial charge in [0.15, 0.2) is 0 Å².